The summed E-state index contributed by atoms with van der Waals surface area (Å²) in [6.07, 6.45) is 1.63. The van der Waals surface area contributed by atoms with E-state index in [1.165, 1.54) is 24.3 Å². The van der Waals surface area contributed by atoms with Crippen molar-refractivity contribution in [3.63, 3.8) is 0 Å². The zero-order valence-electron chi connectivity index (χ0n) is 13.5. The molecule has 0 spiro atoms. The molecule has 3 rings (SSSR count). The highest BCUT2D eigenvalue weighted by Crippen LogP contribution is 2.35. The summed E-state index contributed by atoms with van der Waals surface area (Å²) in [5.74, 6) is 0.269. The average molecular weight is 349 g/mol. The molecule has 24 heavy (non-hydrogen) atoms. The first-order valence-electron chi connectivity index (χ1n) is 7.87. The second-order valence-electron chi connectivity index (χ2n) is 5.92. The highest BCUT2D eigenvalue weighted by Gasteiger charge is 2.35. The number of nitrogens with zero attached hydrogens (tertiary/aromatic N) is 1. The van der Waals surface area contributed by atoms with Crippen LogP contribution in [0.15, 0.2) is 48.5 Å². The van der Waals surface area contributed by atoms with Gasteiger partial charge in [-0.05, 0) is 48.2 Å². The minimum absolute atomic E-state index is 0.111. The number of ether oxygens (including phenoxy) is 1. The Hall–Kier alpha value is -1.92. The molecule has 1 heterocycles. The maximum Gasteiger partial charge on any atom is 0.218 e. The number of rotatable bonds is 5. The molecule has 2 aromatic rings. The normalized spacial score (nSPS) is 18.7. The first kappa shape index (κ1) is 16.9. The molecule has 128 valence electrons. The first-order valence-corrected chi connectivity index (χ1v) is 9.48. The highest BCUT2D eigenvalue weighted by molar-refractivity contribution is 7.88. The van der Waals surface area contributed by atoms with Crippen LogP contribution in [0.5, 0.6) is 5.75 Å². The number of hydrogen-bond acceptors (Lipinski definition) is 3. The molecule has 1 fully saturated rings. The van der Waals surface area contributed by atoms with Crippen molar-refractivity contribution in [2.75, 3.05) is 13.7 Å². The predicted molar refractivity (Wildman–Crippen MR) is 90.7 cm³/mol. The topological polar surface area (TPSA) is 46.6 Å². The second-order valence-corrected chi connectivity index (χ2v) is 7.85. The Morgan fingerprint density at radius 2 is 1.79 bits per heavy atom. The van der Waals surface area contributed by atoms with Crippen LogP contribution < -0.4 is 4.74 Å². The van der Waals surface area contributed by atoms with Gasteiger partial charge in [0, 0.05) is 12.6 Å². The molecule has 2 aromatic carbocycles. The lowest BCUT2D eigenvalue weighted by molar-refractivity contribution is 0.394. The molecule has 1 atom stereocenters. The van der Waals surface area contributed by atoms with E-state index in [2.05, 4.69) is 0 Å². The molecule has 1 unspecified atom stereocenters. The second kappa shape index (κ2) is 6.91. The van der Waals surface area contributed by atoms with Crippen LogP contribution in [0.1, 0.15) is 30.0 Å². The monoisotopic (exact) mass is 349 g/mol. The van der Waals surface area contributed by atoms with E-state index in [-0.39, 0.29) is 17.6 Å². The van der Waals surface area contributed by atoms with Gasteiger partial charge in [0.25, 0.3) is 0 Å². The van der Waals surface area contributed by atoms with Crippen molar-refractivity contribution in [3.8, 4) is 5.75 Å². The molecule has 0 N–H and O–H groups in total. The van der Waals surface area contributed by atoms with Gasteiger partial charge >= 0.3 is 0 Å². The molecule has 0 bridgehead atoms. The molecular formula is C18H20FNO3S. The average Bonchev–Trinajstić information content (AvgIpc) is 3.07. The van der Waals surface area contributed by atoms with Gasteiger partial charge in [-0.1, -0.05) is 24.3 Å². The number of benzene rings is 2. The lowest BCUT2D eigenvalue weighted by atomic mass is 10.1. The first-order chi connectivity index (χ1) is 11.5. The lowest BCUT2D eigenvalue weighted by Crippen LogP contribution is -2.31. The number of sulfonamides is 1. The van der Waals surface area contributed by atoms with Crippen molar-refractivity contribution >= 4 is 10.0 Å². The molecule has 0 saturated carbocycles. The number of methoxy groups -OCH3 is 1. The van der Waals surface area contributed by atoms with E-state index in [1.807, 2.05) is 24.3 Å². The minimum atomic E-state index is -3.46. The van der Waals surface area contributed by atoms with Crippen LogP contribution in [0.2, 0.25) is 0 Å². The SMILES string of the molecule is COc1ccc(C2CCCN2S(=O)(=O)Cc2ccc(F)cc2)cc1. The summed E-state index contributed by atoms with van der Waals surface area (Å²) < 4.78 is 45.3. The van der Waals surface area contributed by atoms with Gasteiger partial charge in [-0.2, -0.15) is 4.31 Å². The number of halogens is 1. The third-order valence-corrected chi connectivity index (χ3v) is 6.17. The summed E-state index contributed by atoms with van der Waals surface area (Å²) in [6, 6.07) is 13.0. The largest absolute Gasteiger partial charge is 0.497 e. The van der Waals surface area contributed by atoms with E-state index in [1.54, 1.807) is 11.4 Å². The van der Waals surface area contributed by atoms with Gasteiger partial charge in [-0.3, -0.25) is 0 Å². The van der Waals surface area contributed by atoms with Crippen LogP contribution in [0.3, 0.4) is 0 Å². The van der Waals surface area contributed by atoms with Crippen LogP contribution >= 0.6 is 0 Å². The van der Waals surface area contributed by atoms with E-state index in [0.29, 0.717) is 12.1 Å². The summed E-state index contributed by atoms with van der Waals surface area (Å²) in [6.45, 7) is 0.514. The Morgan fingerprint density at radius 1 is 1.12 bits per heavy atom. The molecule has 6 heteroatoms. The van der Waals surface area contributed by atoms with E-state index in [9.17, 15) is 12.8 Å². The summed E-state index contributed by atoms with van der Waals surface area (Å²) in [5.41, 5.74) is 1.56. The standard InChI is InChI=1S/C18H20FNO3S/c1-23-17-10-6-15(7-11-17)18-3-2-12-20(18)24(21,22)13-14-4-8-16(19)9-5-14/h4-11,18H,2-3,12-13H2,1H3. The third kappa shape index (κ3) is 3.60. The van der Waals surface area contributed by atoms with Crippen molar-refractivity contribution in [2.24, 2.45) is 0 Å². The Morgan fingerprint density at radius 3 is 2.42 bits per heavy atom. The van der Waals surface area contributed by atoms with Crippen molar-refractivity contribution in [2.45, 2.75) is 24.6 Å². The van der Waals surface area contributed by atoms with Crippen molar-refractivity contribution in [3.05, 3.63) is 65.5 Å². The summed E-state index contributed by atoms with van der Waals surface area (Å²) in [5, 5.41) is 0. The van der Waals surface area contributed by atoms with Gasteiger partial charge in [0.05, 0.1) is 12.9 Å². The molecular weight excluding hydrogens is 329 g/mol. The summed E-state index contributed by atoms with van der Waals surface area (Å²) in [7, 11) is -1.86. The fourth-order valence-corrected chi connectivity index (χ4v) is 4.91. The summed E-state index contributed by atoms with van der Waals surface area (Å²) >= 11 is 0. The Labute approximate surface area is 141 Å². The zero-order valence-corrected chi connectivity index (χ0v) is 14.3. The van der Waals surface area contributed by atoms with Crippen LogP contribution in [0, 0.1) is 5.82 Å². The maximum absolute atomic E-state index is 13.0. The molecule has 0 aromatic heterocycles. The molecule has 1 saturated heterocycles. The van der Waals surface area contributed by atoms with Gasteiger partial charge in [0.1, 0.15) is 11.6 Å². The van der Waals surface area contributed by atoms with Crippen molar-refractivity contribution < 1.29 is 17.5 Å². The fourth-order valence-electron chi connectivity index (χ4n) is 3.11. The van der Waals surface area contributed by atoms with Crippen molar-refractivity contribution in [1.29, 1.82) is 0 Å². The molecule has 0 amide bonds. The van der Waals surface area contributed by atoms with Crippen molar-refractivity contribution in [1.82, 2.24) is 4.31 Å². The van der Waals surface area contributed by atoms with Crippen LogP contribution in [0.25, 0.3) is 0 Å². The van der Waals surface area contributed by atoms with Gasteiger partial charge in [0.2, 0.25) is 10.0 Å². The summed E-state index contributed by atoms with van der Waals surface area (Å²) in [4.78, 5) is 0. The quantitative estimate of drug-likeness (QED) is 0.830. The molecule has 4 nitrogen and oxygen atoms in total. The van der Waals surface area contributed by atoms with E-state index >= 15 is 0 Å². The Kier molecular flexibility index (Phi) is 4.87. The molecule has 1 aliphatic rings. The molecule has 1 aliphatic heterocycles. The minimum Gasteiger partial charge on any atom is -0.497 e. The smallest absolute Gasteiger partial charge is 0.218 e. The highest BCUT2D eigenvalue weighted by atomic mass is 32.2. The van der Waals surface area contributed by atoms with E-state index in [0.717, 1.165) is 24.2 Å². The lowest BCUT2D eigenvalue weighted by Gasteiger charge is -2.24. The molecule has 0 radical (unpaired) electrons. The van der Waals surface area contributed by atoms with Gasteiger partial charge in [-0.25, -0.2) is 12.8 Å². The molecule has 0 aliphatic carbocycles. The fraction of sp³-hybridized carbons (Fsp3) is 0.333. The van der Waals surface area contributed by atoms with Crippen LogP contribution in [0.4, 0.5) is 4.39 Å². The predicted octanol–water partition coefficient (Wildman–Crippen LogP) is 3.50. The number of hydrogen-bond donors (Lipinski definition) is 0. The van der Waals surface area contributed by atoms with Gasteiger partial charge in [-0.15, -0.1) is 0 Å². The maximum atomic E-state index is 13.0. The van der Waals surface area contributed by atoms with Gasteiger partial charge < -0.3 is 4.74 Å². The zero-order chi connectivity index (χ0) is 17.2. The van der Waals surface area contributed by atoms with Crippen LogP contribution in [-0.4, -0.2) is 26.4 Å². The van der Waals surface area contributed by atoms with E-state index < -0.39 is 10.0 Å². The van der Waals surface area contributed by atoms with Crippen LogP contribution in [-0.2, 0) is 15.8 Å². The Bertz CT molecular complexity index is 788. The Balaban J connectivity index is 1.81. The third-order valence-electron chi connectivity index (χ3n) is 4.32. The van der Waals surface area contributed by atoms with E-state index in [4.69, 9.17) is 4.74 Å². The van der Waals surface area contributed by atoms with Gasteiger partial charge in [0.15, 0.2) is 0 Å².